The summed E-state index contributed by atoms with van der Waals surface area (Å²) >= 11 is 1.37. The number of ether oxygens (including phenoxy) is 3. The zero-order chi connectivity index (χ0) is 25.5. The van der Waals surface area contributed by atoms with Gasteiger partial charge in [0.05, 0.1) is 17.3 Å². The first-order chi connectivity index (χ1) is 17.5. The number of benzene rings is 3. The molecule has 0 fully saturated rings. The molecule has 1 amide bonds. The fourth-order valence-corrected chi connectivity index (χ4v) is 4.38. The minimum absolute atomic E-state index is 0.0476. The number of nitrogens with one attached hydrogen (secondary N) is 1. The number of aryl methyl sites for hydroxylation is 2. The largest absolute Gasteiger partial charge is 0.493 e. The van der Waals surface area contributed by atoms with Crippen molar-refractivity contribution in [3.8, 4) is 23.3 Å². The van der Waals surface area contributed by atoms with E-state index in [-0.39, 0.29) is 5.57 Å². The minimum Gasteiger partial charge on any atom is -0.493 e. The van der Waals surface area contributed by atoms with Crippen molar-refractivity contribution in [1.29, 1.82) is 5.26 Å². The van der Waals surface area contributed by atoms with Crippen molar-refractivity contribution in [3.05, 3.63) is 82.9 Å². The lowest BCUT2D eigenvalue weighted by Gasteiger charge is -2.12. The molecular weight excluding hydrogens is 474 g/mol. The summed E-state index contributed by atoms with van der Waals surface area (Å²) in [7, 11) is 1.53. The lowest BCUT2D eigenvalue weighted by molar-refractivity contribution is -0.112. The Morgan fingerprint density at radius 1 is 1.03 bits per heavy atom. The first kappa shape index (κ1) is 24.8. The molecule has 0 atom stereocenters. The van der Waals surface area contributed by atoms with E-state index < -0.39 is 5.91 Å². The SMILES string of the molecule is COc1cc(C=C(C#N)C(=O)Nc2nc3cc(C)c(C)cc3s2)ccc1OCCOc1ccccc1. The Morgan fingerprint density at radius 3 is 2.53 bits per heavy atom. The molecule has 0 aliphatic carbocycles. The van der Waals surface area contributed by atoms with Crippen LogP contribution >= 0.6 is 11.3 Å². The predicted octanol–water partition coefficient (Wildman–Crippen LogP) is 5.93. The van der Waals surface area contributed by atoms with Crippen LogP contribution in [0.5, 0.6) is 17.2 Å². The highest BCUT2D eigenvalue weighted by atomic mass is 32.1. The van der Waals surface area contributed by atoms with E-state index in [9.17, 15) is 10.1 Å². The van der Waals surface area contributed by atoms with Crippen LogP contribution < -0.4 is 19.5 Å². The topological polar surface area (TPSA) is 93.5 Å². The van der Waals surface area contributed by atoms with Crippen LogP contribution in [0.2, 0.25) is 0 Å². The number of hydrogen-bond donors (Lipinski definition) is 1. The summed E-state index contributed by atoms with van der Waals surface area (Å²) in [5, 5.41) is 12.8. The van der Waals surface area contributed by atoms with Crippen LogP contribution in [0.25, 0.3) is 16.3 Å². The molecule has 1 heterocycles. The van der Waals surface area contributed by atoms with Gasteiger partial charge in [-0.15, -0.1) is 0 Å². The number of fused-ring (bicyclic) bond motifs is 1. The maximum Gasteiger partial charge on any atom is 0.268 e. The predicted molar refractivity (Wildman–Crippen MR) is 142 cm³/mol. The van der Waals surface area contributed by atoms with Gasteiger partial charge in [0, 0.05) is 0 Å². The number of hydrogen-bond acceptors (Lipinski definition) is 7. The van der Waals surface area contributed by atoms with E-state index in [0.717, 1.165) is 27.1 Å². The minimum atomic E-state index is -0.526. The second kappa shape index (κ2) is 11.4. The molecule has 182 valence electrons. The Kier molecular flexibility index (Phi) is 7.83. The number of nitrogens with zero attached hydrogens (tertiary/aromatic N) is 2. The number of aromatic nitrogens is 1. The summed E-state index contributed by atoms with van der Waals surface area (Å²) in [6.07, 6.45) is 1.50. The van der Waals surface area contributed by atoms with Crippen molar-refractivity contribution in [1.82, 2.24) is 4.98 Å². The van der Waals surface area contributed by atoms with Crippen LogP contribution in [0, 0.1) is 25.2 Å². The molecule has 0 saturated carbocycles. The number of amides is 1. The van der Waals surface area contributed by atoms with Crippen molar-refractivity contribution in [2.45, 2.75) is 13.8 Å². The van der Waals surface area contributed by atoms with Gasteiger partial charge in [0.25, 0.3) is 5.91 Å². The highest BCUT2D eigenvalue weighted by Crippen LogP contribution is 2.30. The van der Waals surface area contributed by atoms with Gasteiger partial charge in [-0.25, -0.2) is 4.98 Å². The number of anilines is 1. The highest BCUT2D eigenvalue weighted by molar-refractivity contribution is 7.22. The maximum atomic E-state index is 12.8. The molecule has 4 rings (SSSR count). The zero-order valence-electron chi connectivity index (χ0n) is 20.2. The number of carbonyl (C=O) groups excluding carboxylic acids is 1. The second-order valence-electron chi connectivity index (χ2n) is 7.97. The number of methoxy groups -OCH3 is 1. The fraction of sp³-hybridized carbons (Fsp3) is 0.179. The lowest BCUT2D eigenvalue weighted by Crippen LogP contribution is -2.13. The first-order valence-electron chi connectivity index (χ1n) is 11.3. The fourth-order valence-electron chi connectivity index (χ4n) is 3.43. The molecule has 3 aromatic carbocycles. The van der Waals surface area contributed by atoms with Gasteiger partial charge < -0.3 is 14.2 Å². The average Bonchev–Trinajstić information content (AvgIpc) is 3.26. The van der Waals surface area contributed by atoms with Gasteiger partial charge in [-0.1, -0.05) is 35.6 Å². The molecule has 0 aliphatic heterocycles. The van der Waals surface area contributed by atoms with Crippen molar-refractivity contribution >= 4 is 38.7 Å². The standard InChI is InChI=1S/C28H25N3O4S/c1-18-13-23-26(14-19(18)2)36-28(30-23)31-27(32)21(17-29)15-20-9-10-24(25(16-20)33-3)35-12-11-34-22-7-5-4-6-8-22/h4-10,13-16H,11-12H2,1-3H3,(H,30,31,32). The van der Waals surface area contributed by atoms with E-state index in [0.29, 0.717) is 35.4 Å². The van der Waals surface area contributed by atoms with Crippen LogP contribution in [0.15, 0.2) is 66.2 Å². The summed E-state index contributed by atoms with van der Waals surface area (Å²) in [6.45, 7) is 4.75. The Hall–Kier alpha value is -4.35. The summed E-state index contributed by atoms with van der Waals surface area (Å²) in [6, 6.07) is 20.7. The van der Waals surface area contributed by atoms with E-state index in [1.807, 2.05) is 62.4 Å². The normalized spacial score (nSPS) is 11.1. The third-order valence-electron chi connectivity index (χ3n) is 5.44. The monoisotopic (exact) mass is 499 g/mol. The Bertz CT molecular complexity index is 1420. The van der Waals surface area contributed by atoms with Gasteiger partial charge >= 0.3 is 0 Å². The number of para-hydroxylation sites is 1. The van der Waals surface area contributed by atoms with E-state index >= 15 is 0 Å². The van der Waals surface area contributed by atoms with Gasteiger partial charge in [-0.2, -0.15) is 5.26 Å². The molecule has 4 aromatic rings. The van der Waals surface area contributed by atoms with Gasteiger partial charge in [-0.05, 0) is 73.0 Å². The Balaban J connectivity index is 1.42. The molecule has 0 spiro atoms. The van der Waals surface area contributed by atoms with Crippen molar-refractivity contribution in [2.24, 2.45) is 0 Å². The van der Waals surface area contributed by atoms with E-state index in [2.05, 4.69) is 10.3 Å². The number of nitriles is 1. The third kappa shape index (κ3) is 6.01. The first-order valence-corrected chi connectivity index (χ1v) is 12.1. The summed E-state index contributed by atoms with van der Waals surface area (Å²) in [5.41, 5.74) is 3.69. The van der Waals surface area contributed by atoms with Crippen LogP contribution in [-0.4, -0.2) is 31.2 Å². The van der Waals surface area contributed by atoms with Crippen molar-refractivity contribution in [3.63, 3.8) is 0 Å². The number of carbonyl (C=O) groups is 1. The summed E-state index contributed by atoms with van der Waals surface area (Å²) < 4.78 is 17.8. The smallest absolute Gasteiger partial charge is 0.268 e. The summed E-state index contributed by atoms with van der Waals surface area (Å²) in [5.74, 6) is 1.27. The quantitative estimate of drug-likeness (QED) is 0.174. The molecule has 1 aromatic heterocycles. The molecule has 0 unspecified atom stereocenters. The van der Waals surface area contributed by atoms with Gasteiger partial charge in [0.15, 0.2) is 16.6 Å². The molecule has 36 heavy (non-hydrogen) atoms. The van der Waals surface area contributed by atoms with Crippen molar-refractivity contribution < 1.29 is 19.0 Å². The van der Waals surface area contributed by atoms with E-state index in [1.165, 1.54) is 24.5 Å². The highest BCUT2D eigenvalue weighted by Gasteiger charge is 2.14. The Labute approximate surface area is 213 Å². The number of rotatable bonds is 9. The molecule has 0 bridgehead atoms. The van der Waals surface area contributed by atoms with Gasteiger partial charge in [-0.3, -0.25) is 10.1 Å². The molecular formula is C28H25N3O4S. The Morgan fingerprint density at radius 2 is 1.78 bits per heavy atom. The zero-order valence-corrected chi connectivity index (χ0v) is 21.0. The molecule has 0 radical (unpaired) electrons. The van der Waals surface area contributed by atoms with Crippen LogP contribution in [0.4, 0.5) is 5.13 Å². The third-order valence-corrected chi connectivity index (χ3v) is 6.37. The van der Waals surface area contributed by atoms with Crippen LogP contribution in [0.3, 0.4) is 0 Å². The van der Waals surface area contributed by atoms with Gasteiger partial charge in [0.1, 0.15) is 30.6 Å². The van der Waals surface area contributed by atoms with Crippen LogP contribution in [0.1, 0.15) is 16.7 Å². The lowest BCUT2D eigenvalue weighted by atomic mass is 10.1. The number of thiazole rings is 1. The van der Waals surface area contributed by atoms with E-state index in [1.54, 1.807) is 18.2 Å². The van der Waals surface area contributed by atoms with Crippen molar-refractivity contribution in [2.75, 3.05) is 25.6 Å². The molecule has 7 nitrogen and oxygen atoms in total. The van der Waals surface area contributed by atoms with Gasteiger partial charge in [0.2, 0.25) is 0 Å². The molecule has 0 saturated heterocycles. The molecule has 1 N–H and O–H groups in total. The molecule has 0 aliphatic rings. The maximum absolute atomic E-state index is 12.8. The molecule has 8 heteroatoms. The average molecular weight is 500 g/mol. The van der Waals surface area contributed by atoms with Crippen LogP contribution in [-0.2, 0) is 4.79 Å². The van der Waals surface area contributed by atoms with E-state index in [4.69, 9.17) is 14.2 Å². The summed E-state index contributed by atoms with van der Waals surface area (Å²) in [4.78, 5) is 17.2. The second-order valence-corrected chi connectivity index (χ2v) is 9.00.